The number of ether oxygens (including phenoxy) is 1. The average molecular weight is 250 g/mol. The summed E-state index contributed by atoms with van der Waals surface area (Å²) in [4.78, 5) is 11.4. The van der Waals surface area contributed by atoms with Gasteiger partial charge in [-0.25, -0.2) is 0 Å². The Labute approximate surface area is 95.2 Å². The van der Waals surface area contributed by atoms with Gasteiger partial charge < -0.3 is 4.74 Å². The molecule has 17 heavy (non-hydrogen) atoms. The van der Waals surface area contributed by atoms with Crippen LogP contribution in [0.2, 0.25) is 0 Å². The summed E-state index contributed by atoms with van der Waals surface area (Å²) in [7, 11) is 0. The molecule has 0 bridgehead atoms. The molecule has 0 N–H and O–H groups in total. The summed E-state index contributed by atoms with van der Waals surface area (Å²) in [5.74, 6) is -0.694. The fourth-order valence-corrected chi connectivity index (χ4v) is 1.21. The van der Waals surface area contributed by atoms with Crippen molar-refractivity contribution in [1.82, 2.24) is 0 Å². The lowest BCUT2D eigenvalue weighted by Crippen LogP contribution is -2.17. The second-order valence-corrected chi connectivity index (χ2v) is 3.29. The Kier molecular flexibility index (Phi) is 4.48. The first kappa shape index (κ1) is 13.5. The molecular formula is C11H10F4O2. The summed E-state index contributed by atoms with van der Waals surface area (Å²) in [5.41, 5.74) is 0.243. The van der Waals surface area contributed by atoms with E-state index in [4.69, 9.17) is 0 Å². The van der Waals surface area contributed by atoms with Crippen LogP contribution in [0, 0.1) is 0 Å². The molecule has 0 aliphatic rings. The topological polar surface area (TPSA) is 26.3 Å². The molecule has 2 nitrogen and oxygen atoms in total. The standard InChI is InChI=1S/C11H10F4O2/c12-7-1-2-10(16)8-3-5-9(6-4-8)17-11(13,14)15/h3-6H,1-2,7H2. The summed E-state index contributed by atoms with van der Waals surface area (Å²) >= 11 is 0. The van der Waals surface area contributed by atoms with Gasteiger partial charge in [0.05, 0.1) is 6.67 Å². The van der Waals surface area contributed by atoms with Crippen LogP contribution in [0.3, 0.4) is 0 Å². The van der Waals surface area contributed by atoms with Crippen LogP contribution in [-0.2, 0) is 0 Å². The number of hydrogen-bond acceptors (Lipinski definition) is 2. The summed E-state index contributed by atoms with van der Waals surface area (Å²) < 4.78 is 51.0. The van der Waals surface area contributed by atoms with Crippen LogP contribution in [0.25, 0.3) is 0 Å². The van der Waals surface area contributed by atoms with Gasteiger partial charge in [-0.15, -0.1) is 13.2 Å². The number of Topliss-reactive ketones (excluding diaryl/α,β-unsaturated/α-hetero) is 1. The summed E-state index contributed by atoms with van der Waals surface area (Å²) in [5, 5.41) is 0. The van der Waals surface area contributed by atoms with Crippen molar-refractivity contribution in [1.29, 1.82) is 0 Å². The SMILES string of the molecule is O=C(CCCF)c1ccc(OC(F)(F)F)cc1. The summed E-state index contributed by atoms with van der Waals surface area (Å²) in [6.45, 7) is -0.596. The Morgan fingerprint density at radius 1 is 1.18 bits per heavy atom. The Morgan fingerprint density at radius 2 is 1.76 bits per heavy atom. The smallest absolute Gasteiger partial charge is 0.406 e. The number of carbonyl (C=O) groups excluding carboxylic acids is 1. The first-order valence-electron chi connectivity index (χ1n) is 4.87. The maximum Gasteiger partial charge on any atom is 0.573 e. The molecule has 0 aliphatic carbocycles. The maximum absolute atomic E-state index is 11.8. The lowest BCUT2D eigenvalue weighted by molar-refractivity contribution is -0.274. The molecule has 94 valence electrons. The van der Waals surface area contributed by atoms with Gasteiger partial charge in [-0.3, -0.25) is 9.18 Å². The molecule has 0 unspecified atom stereocenters. The van der Waals surface area contributed by atoms with E-state index in [1.54, 1.807) is 0 Å². The largest absolute Gasteiger partial charge is 0.573 e. The molecule has 0 saturated carbocycles. The Bertz CT molecular complexity index is 370. The second-order valence-electron chi connectivity index (χ2n) is 3.29. The molecule has 0 saturated heterocycles. The Hall–Kier alpha value is -1.59. The Balaban J connectivity index is 2.64. The zero-order valence-corrected chi connectivity index (χ0v) is 8.76. The van der Waals surface area contributed by atoms with Crippen LogP contribution in [-0.4, -0.2) is 18.8 Å². The minimum Gasteiger partial charge on any atom is -0.406 e. The molecule has 1 rings (SSSR count). The molecule has 0 fully saturated rings. The van der Waals surface area contributed by atoms with Crippen molar-refractivity contribution in [2.24, 2.45) is 0 Å². The van der Waals surface area contributed by atoms with Crippen LogP contribution < -0.4 is 4.74 Å². The maximum atomic E-state index is 11.8. The van der Waals surface area contributed by atoms with E-state index in [-0.39, 0.29) is 29.9 Å². The molecule has 0 amide bonds. The van der Waals surface area contributed by atoms with Gasteiger partial charge in [0.1, 0.15) is 5.75 Å². The minimum absolute atomic E-state index is 0.0377. The van der Waals surface area contributed by atoms with Crippen LogP contribution in [0.4, 0.5) is 17.6 Å². The van der Waals surface area contributed by atoms with Crippen LogP contribution in [0.1, 0.15) is 23.2 Å². The van der Waals surface area contributed by atoms with Gasteiger partial charge in [-0.1, -0.05) is 0 Å². The molecule has 0 aliphatic heterocycles. The predicted molar refractivity (Wildman–Crippen MR) is 52.7 cm³/mol. The van der Waals surface area contributed by atoms with E-state index in [2.05, 4.69) is 4.74 Å². The lowest BCUT2D eigenvalue weighted by Gasteiger charge is -2.08. The zero-order chi connectivity index (χ0) is 12.9. The second kappa shape index (κ2) is 5.65. The first-order valence-corrected chi connectivity index (χ1v) is 4.87. The normalized spacial score (nSPS) is 11.3. The highest BCUT2D eigenvalue weighted by atomic mass is 19.4. The minimum atomic E-state index is -4.75. The monoisotopic (exact) mass is 250 g/mol. The van der Waals surface area contributed by atoms with Crippen molar-refractivity contribution in [2.45, 2.75) is 19.2 Å². The van der Waals surface area contributed by atoms with Gasteiger partial charge in [0.2, 0.25) is 0 Å². The van der Waals surface area contributed by atoms with Gasteiger partial charge in [-0.05, 0) is 30.7 Å². The predicted octanol–water partition coefficient (Wildman–Crippen LogP) is 3.52. The fraction of sp³-hybridized carbons (Fsp3) is 0.364. The number of carbonyl (C=O) groups is 1. The van der Waals surface area contributed by atoms with Crippen LogP contribution >= 0.6 is 0 Å². The van der Waals surface area contributed by atoms with Crippen molar-refractivity contribution in [3.05, 3.63) is 29.8 Å². The molecule has 6 heteroatoms. The number of ketones is 1. The number of hydrogen-bond donors (Lipinski definition) is 0. The van der Waals surface area contributed by atoms with Crippen LogP contribution in [0.15, 0.2) is 24.3 Å². The number of benzene rings is 1. The first-order chi connectivity index (χ1) is 7.92. The highest BCUT2D eigenvalue weighted by molar-refractivity contribution is 5.96. The van der Waals surface area contributed by atoms with E-state index in [0.717, 1.165) is 12.1 Å². The van der Waals surface area contributed by atoms with Crippen LogP contribution in [0.5, 0.6) is 5.75 Å². The molecule has 0 spiro atoms. The van der Waals surface area contributed by atoms with Gasteiger partial charge in [0.25, 0.3) is 0 Å². The van der Waals surface area contributed by atoms with Crippen molar-refractivity contribution in [3.8, 4) is 5.75 Å². The van der Waals surface area contributed by atoms with E-state index in [0.29, 0.717) is 0 Å². The van der Waals surface area contributed by atoms with Gasteiger partial charge >= 0.3 is 6.36 Å². The van der Waals surface area contributed by atoms with E-state index < -0.39 is 13.0 Å². The zero-order valence-electron chi connectivity index (χ0n) is 8.76. The molecule has 0 radical (unpaired) electrons. The van der Waals surface area contributed by atoms with Crippen molar-refractivity contribution >= 4 is 5.78 Å². The van der Waals surface area contributed by atoms with Crippen molar-refractivity contribution < 1.29 is 27.1 Å². The quantitative estimate of drug-likeness (QED) is 0.590. The lowest BCUT2D eigenvalue weighted by atomic mass is 10.1. The molecule has 0 heterocycles. The van der Waals surface area contributed by atoms with E-state index in [1.165, 1.54) is 12.1 Å². The molecule has 1 aromatic carbocycles. The third kappa shape index (κ3) is 4.84. The number of rotatable bonds is 5. The van der Waals surface area contributed by atoms with Gasteiger partial charge in [0, 0.05) is 12.0 Å². The van der Waals surface area contributed by atoms with E-state index in [9.17, 15) is 22.4 Å². The molecule has 0 atom stereocenters. The highest BCUT2D eigenvalue weighted by Gasteiger charge is 2.30. The number of halogens is 4. The molecular weight excluding hydrogens is 240 g/mol. The molecule has 0 aromatic heterocycles. The van der Waals surface area contributed by atoms with Gasteiger partial charge in [0.15, 0.2) is 5.78 Å². The van der Waals surface area contributed by atoms with E-state index >= 15 is 0 Å². The summed E-state index contributed by atoms with van der Waals surface area (Å²) in [6, 6.07) is 4.55. The number of alkyl halides is 4. The van der Waals surface area contributed by atoms with Gasteiger partial charge in [-0.2, -0.15) is 0 Å². The summed E-state index contributed by atoms with van der Waals surface area (Å²) in [6.07, 6.45) is -4.60. The van der Waals surface area contributed by atoms with Crippen molar-refractivity contribution in [2.75, 3.05) is 6.67 Å². The fourth-order valence-electron chi connectivity index (χ4n) is 1.21. The average Bonchev–Trinajstić information content (AvgIpc) is 2.24. The van der Waals surface area contributed by atoms with Crippen molar-refractivity contribution in [3.63, 3.8) is 0 Å². The third-order valence-electron chi connectivity index (χ3n) is 1.95. The van der Waals surface area contributed by atoms with E-state index in [1.807, 2.05) is 0 Å². The third-order valence-corrected chi connectivity index (χ3v) is 1.95. The molecule has 1 aromatic rings. The Morgan fingerprint density at radius 3 is 2.24 bits per heavy atom. The highest BCUT2D eigenvalue weighted by Crippen LogP contribution is 2.23.